The summed E-state index contributed by atoms with van der Waals surface area (Å²) < 4.78 is 0. The molecule has 2 rings (SSSR count). The first-order chi connectivity index (χ1) is 7.33. The number of hydrogen-bond acceptors (Lipinski definition) is 3. The van der Waals surface area contributed by atoms with E-state index in [1.807, 2.05) is 12.3 Å². The summed E-state index contributed by atoms with van der Waals surface area (Å²) in [6.07, 6.45) is 4.54. The Balaban J connectivity index is 2.04. The molecule has 0 bridgehead atoms. The monoisotopic (exact) mass is 205 g/mol. The van der Waals surface area contributed by atoms with Crippen LogP contribution in [0.3, 0.4) is 0 Å². The third kappa shape index (κ3) is 2.29. The Labute approximate surface area is 91.3 Å². The summed E-state index contributed by atoms with van der Waals surface area (Å²) in [6.45, 7) is 5.14. The van der Waals surface area contributed by atoms with Crippen molar-refractivity contribution < 1.29 is 0 Å². The summed E-state index contributed by atoms with van der Waals surface area (Å²) in [7, 11) is 0. The van der Waals surface area contributed by atoms with Gasteiger partial charge in [0.05, 0.1) is 17.6 Å². The van der Waals surface area contributed by atoms with Crippen molar-refractivity contribution in [2.24, 2.45) is 11.7 Å². The third-order valence-corrected chi connectivity index (χ3v) is 3.25. The topological polar surface area (TPSA) is 42.1 Å². The Kier molecular flexibility index (Phi) is 3.21. The maximum Gasteiger partial charge on any atom is 0.0553 e. The molecule has 15 heavy (non-hydrogen) atoms. The van der Waals surface area contributed by atoms with Gasteiger partial charge in [0, 0.05) is 19.6 Å². The van der Waals surface area contributed by atoms with Gasteiger partial charge in [-0.25, -0.2) is 0 Å². The fourth-order valence-corrected chi connectivity index (χ4v) is 2.12. The lowest BCUT2D eigenvalue weighted by atomic mass is 10.1. The van der Waals surface area contributed by atoms with Crippen LogP contribution >= 0.6 is 0 Å². The largest absolute Gasteiger partial charge is 0.370 e. The Bertz CT molecular complexity index is 307. The van der Waals surface area contributed by atoms with Gasteiger partial charge in [-0.3, -0.25) is 4.98 Å². The highest BCUT2D eigenvalue weighted by Gasteiger charge is 2.20. The highest BCUT2D eigenvalue weighted by Crippen LogP contribution is 2.24. The number of rotatable bonds is 3. The summed E-state index contributed by atoms with van der Waals surface area (Å²) in [5, 5.41) is 0. The van der Waals surface area contributed by atoms with Crippen molar-refractivity contribution in [2.75, 3.05) is 18.0 Å². The number of aromatic nitrogens is 1. The van der Waals surface area contributed by atoms with E-state index in [1.54, 1.807) is 0 Å². The van der Waals surface area contributed by atoms with Crippen LogP contribution in [0.5, 0.6) is 0 Å². The third-order valence-electron chi connectivity index (χ3n) is 3.25. The van der Waals surface area contributed by atoms with Gasteiger partial charge in [-0.2, -0.15) is 0 Å². The second-order valence-electron chi connectivity index (χ2n) is 4.22. The van der Waals surface area contributed by atoms with Crippen LogP contribution in [0.1, 0.15) is 25.5 Å². The van der Waals surface area contributed by atoms with E-state index < -0.39 is 0 Å². The molecule has 82 valence electrons. The van der Waals surface area contributed by atoms with Crippen molar-refractivity contribution in [1.82, 2.24) is 4.98 Å². The van der Waals surface area contributed by atoms with Crippen LogP contribution in [-0.4, -0.2) is 18.1 Å². The smallest absolute Gasteiger partial charge is 0.0553 e. The molecular weight excluding hydrogens is 186 g/mol. The van der Waals surface area contributed by atoms with Crippen molar-refractivity contribution in [3.63, 3.8) is 0 Å². The highest BCUT2D eigenvalue weighted by molar-refractivity contribution is 5.45. The molecule has 2 N–H and O–H groups in total. The van der Waals surface area contributed by atoms with Crippen LogP contribution < -0.4 is 10.6 Å². The van der Waals surface area contributed by atoms with Gasteiger partial charge >= 0.3 is 0 Å². The molecule has 3 nitrogen and oxygen atoms in total. The van der Waals surface area contributed by atoms with E-state index in [4.69, 9.17) is 5.73 Å². The average Bonchev–Trinajstić information content (AvgIpc) is 2.78. The number of anilines is 1. The van der Waals surface area contributed by atoms with Crippen LogP contribution in [0.2, 0.25) is 0 Å². The van der Waals surface area contributed by atoms with Crippen molar-refractivity contribution in [1.29, 1.82) is 0 Å². The van der Waals surface area contributed by atoms with Crippen molar-refractivity contribution in [3.8, 4) is 0 Å². The number of nitrogens with two attached hydrogens (primary N) is 1. The lowest BCUT2D eigenvalue weighted by Gasteiger charge is -2.18. The molecule has 0 aromatic carbocycles. The zero-order valence-electron chi connectivity index (χ0n) is 9.32. The van der Waals surface area contributed by atoms with Gasteiger partial charge in [-0.05, 0) is 24.5 Å². The average molecular weight is 205 g/mol. The van der Waals surface area contributed by atoms with E-state index >= 15 is 0 Å². The minimum atomic E-state index is 0.526. The first-order valence-corrected chi connectivity index (χ1v) is 5.73. The molecule has 3 heteroatoms. The van der Waals surface area contributed by atoms with Crippen LogP contribution in [0.15, 0.2) is 18.3 Å². The normalized spacial score (nSPS) is 20.9. The SMILES string of the molecule is CCC1CCN(c2ccc(CN)nc2)C1. The molecule has 0 amide bonds. The zero-order valence-corrected chi connectivity index (χ0v) is 9.32. The van der Waals surface area contributed by atoms with Crippen LogP contribution in [0, 0.1) is 5.92 Å². The summed E-state index contributed by atoms with van der Waals surface area (Å²) in [4.78, 5) is 6.74. The fraction of sp³-hybridized carbons (Fsp3) is 0.583. The van der Waals surface area contributed by atoms with Crippen LogP contribution in [0.25, 0.3) is 0 Å². The van der Waals surface area contributed by atoms with E-state index in [-0.39, 0.29) is 0 Å². The van der Waals surface area contributed by atoms with E-state index in [0.29, 0.717) is 6.54 Å². The fourth-order valence-electron chi connectivity index (χ4n) is 2.12. The lowest BCUT2D eigenvalue weighted by molar-refractivity contribution is 0.569. The summed E-state index contributed by atoms with van der Waals surface area (Å²) >= 11 is 0. The van der Waals surface area contributed by atoms with Gasteiger partial charge in [-0.1, -0.05) is 13.3 Å². The minimum absolute atomic E-state index is 0.526. The molecule has 0 radical (unpaired) electrons. The molecule has 1 aromatic heterocycles. The van der Waals surface area contributed by atoms with E-state index in [0.717, 1.165) is 11.6 Å². The zero-order chi connectivity index (χ0) is 10.7. The molecule has 0 aliphatic carbocycles. The molecule has 1 aliphatic rings. The maximum atomic E-state index is 5.52. The van der Waals surface area contributed by atoms with Gasteiger partial charge in [-0.15, -0.1) is 0 Å². The molecule has 0 spiro atoms. The van der Waals surface area contributed by atoms with Gasteiger partial charge in [0.15, 0.2) is 0 Å². The maximum absolute atomic E-state index is 5.52. The first-order valence-electron chi connectivity index (χ1n) is 5.73. The van der Waals surface area contributed by atoms with E-state index in [9.17, 15) is 0 Å². The number of hydrogen-bond donors (Lipinski definition) is 1. The van der Waals surface area contributed by atoms with Crippen molar-refractivity contribution in [2.45, 2.75) is 26.3 Å². The second kappa shape index (κ2) is 4.62. The molecule has 1 atom stereocenters. The standard InChI is InChI=1S/C12H19N3/c1-2-10-5-6-15(9-10)12-4-3-11(7-13)14-8-12/h3-4,8,10H,2,5-7,9,13H2,1H3. The molecule has 1 aliphatic heterocycles. The molecule has 2 heterocycles. The number of nitrogens with zero attached hydrogens (tertiary/aromatic N) is 2. The minimum Gasteiger partial charge on any atom is -0.370 e. The Morgan fingerprint density at radius 1 is 1.53 bits per heavy atom. The molecular formula is C12H19N3. The predicted octanol–water partition coefficient (Wildman–Crippen LogP) is 1.78. The van der Waals surface area contributed by atoms with Crippen LogP contribution in [0.4, 0.5) is 5.69 Å². The van der Waals surface area contributed by atoms with Crippen LogP contribution in [-0.2, 0) is 6.54 Å². The Morgan fingerprint density at radius 2 is 2.40 bits per heavy atom. The van der Waals surface area contributed by atoms with E-state index in [1.165, 1.54) is 31.6 Å². The van der Waals surface area contributed by atoms with Crippen molar-refractivity contribution in [3.05, 3.63) is 24.0 Å². The molecule has 1 aromatic rings. The van der Waals surface area contributed by atoms with Gasteiger partial charge in [0.2, 0.25) is 0 Å². The predicted molar refractivity (Wildman–Crippen MR) is 62.7 cm³/mol. The first kappa shape index (κ1) is 10.4. The molecule has 0 saturated carbocycles. The molecule has 1 saturated heterocycles. The quantitative estimate of drug-likeness (QED) is 0.818. The van der Waals surface area contributed by atoms with E-state index in [2.05, 4.69) is 22.9 Å². The Morgan fingerprint density at radius 3 is 2.93 bits per heavy atom. The summed E-state index contributed by atoms with van der Waals surface area (Å²) in [5.74, 6) is 0.860. The summed E-state index contributed by atoms with van der Waals surface area (Å²) in [5.41, 5.74) is 7.72. The second-order valence-corrected chi connectivity index (χ2v) is 4.22. The van der Waals surface area contributed by atoms with Gasteiger partial charge < -0.3 is 10.6 Å². The molecule has 1 unspecified atom stereocenters. The summed E-state index contributed by atoms with van der Waals surface area (Å²) in [6, 6.07) is 4.15. The lowest BCUT2D eigenvalue weighted by Crippen LogP contribution is -2.19. The highest BCUT2D eigenvalue weighted by atomic mass is 15.2. The van der Waals surface area contributed by atoms with Gasteiger partial charge in [0.1, 0.15) is 0 Å². The Hall–Kier alpha value is -1.09. The number of pyridine rings is 1. The van der Waals surface area contributed by atoms with Gasteiger partial charge in [0.25, 0.3) is 0 Å². The molecule has 1 fully saturated rings. The van der Waals surface area contributed by atoms with Crippen molar-refractivity contribution >= 4 is 5.69 Å².